The van der Waals surface area contributed by atoms with Gasteiger partial charge in [-0.2, -0.15) is 0 Å². The summed E-state index contributed by atoms with van der Waals surface area (Å²) >= 11 is -3.78. The second-order valence-corrected chi connectivity index (χ2v) is 4.97. The molecule has 0 saturated carbocycles. The zero-order valence-electron chi connectivity index (χ0n) is 10.1. The first-order valence-electron chi connectivity index (χ1n) is 2.10. The molecule has 90 valence electrons. The molecular formula is H12O11P2W+4. The van der Waals surface area contributed by atoms with Crippen LogP contribution in [0.4, 0.5) is 0 Å². The summed E-state index contributed by atoms with van der Waals surface area (Å²) in [6.07, 6.45) is 0. The zero-order valence-corrected chi connectivity index (χ0v) is 10.8. The molecule has 0 bridgehead atoms. The molecule has 0 amide bonds. The van der Waals surface area contributed by atoms with Gasteiger partial charge in [0.1, 0.15) is 0 Å². The SMILES string of the molecule is O=P(O)(O)O.O=P(O)(O)O.[H+].[H+].[H+].[H+].[O]=[W]([OH])[OH]. The van der Waals surface area contributed by atoms with E-state index in [1.807, 2.05) is 0 Å². The Labute approximate surface area is 89.5 Å². The van der Waals surface area contributed by atoms with Gasteiger partial charge in [-0.15, -0.1) is 0 Å². The molecule has 0 aliphatic carbocycles. The summed E-state index contributed by atoms with van der Waals surface area (Å²) in [7, 11) is -9.28. The van der Waals surface area contributed by atoms with Crippen LogP contribution in [0.3, 0.4) is 0 Å². The molecule has 0 fully saturated rings. The minimum atomic E-state index is -4.64. The van der Waals surface area contributed by atoms with E-state index in [4.69, 9.17) is 49.4 Å². The first kappa shape index (κ1) is 20.1. The van der Waals surface area contributed by atoms with Crippen LogP contribution in [0.1, 0.15) is 5.71 Å². The van der Waals surface area contributed by atoms with Gasteiger partial charge in [0, 0.05) is 0 Å². The molecule has 0 heterocycles. The minimum absolute atomic E-state index is 0. The van der Waals surface area contributed by atoms with Crippen molar-refractivity contribution < 1.29 is 73.1 Å². The maximum atomic E-state index is 8.88. The van der Waals surface area contributed by atoms with E-state index in [2.05, 4.69) is 0 Å². The standard InChI is InChI=1S/2H3O4P.2H2O.O.W/c2*1-5(2,3)4;;;;/h2*(H3,1,2,3,4);2*1H2;;/q;;;;;+2/p+2. The van der Waals surface area contributed by atoms with Gasteiger partial charge in [-0.3, -0.25) is 0 Å². The Kier molecular flexibility index (Phi) is 12.8. The monoisotopic (exact) mass is 434 g/mol. The summed E-state index contributed by atoms with van der Waals surface area (Å²) in [4.78, 5) is 43.1. The molecule has 8 N–H and O–H groups in total. The molecule has 0 aromatic carbocycles. The molecule has 0 radical (unpaired) electrons. The van der Waals surface area contributed by atoms with Gasteiger partial charge in [-0.25, -0.2) is 9.13 Å². The molecule has 0 aromatic rings. The van der Waals surface area contributed by atoms with Crippen molar-refractivity contribution >= 4 is 15.6 Å². The van der Waals surface area contributed by atoms with Crippen molar-refractivity contribution in [2.24, 2.45) is 0 Å². The van der Waals surface area contributed by atoms with E-state index in [9.17, 15) is 0 Å². The summed E-state index contributed by atoms with van der Waals surface area (Å²) in [6, 6.07) is 0. The van der Waals surface area contributed by atoms with Gasteiger partial charge in [0.15, 0.2) is 0 Å². The predicted molar refractivity (Wildman–Crippen MR) is 38.1 cm³/mol. The van der Waals surface area contributed by atoms with Crippen LogP contribution in [0.25, 0.3) is 0 Å². The van der Waals surface area contributed by atoms with Gasteiger partial charge in [-0.05, 0) is 0 Å². The third kappa shape index (κ3) is 4330. The first-order valence-corrected chi connectivity index (χ1v) is 9.05. The topological polar surface area (TPSA) is 213 Å². The second kappa shape index (κ2) is 8.90. The Morgan fingerprint density at radius 2 is 0.786 bits per heavy atom. The van der Waals surface area contributed by atoms with Crippen LogP contribution in [0.15, 0.2) is 0 Å². The van der Waals surface area contributed by atoms with Crippen LogP contribution < -0.4 is 0 Å². The van der Waals surface area contributed by atoms with E-state index in [0.29, 0.717) is 0 Å². The summed E-state index contributed by atoms with van der Waals surface area (Å²) in [5, 5.41) is 0. The summed E-state index contributed by atoms with van der Waals surface area (Å²) in [6.45, 7) is 0. The van der Waals surface area contributed by atoms with Crippen LogP contribution in [0.5, 0.6) is 0 Å². The molecule has 0 unspecified atom stereocenters. The molecule has 0 aliphatic heterocycles. The van der Waals surface area contributed by atoms with E-state index < -0.39 is 33.7 Å². The van der Waals surface area contributed by atoms with Gasteiger partial charge in [0.05, 0.1) is 0 Å². The Balaban J connectivity index is -0.0000000183. The fourth-order valence-electron chi connectivity index (χ4n) is 0. The molecule has 0 aromatic heterocycles. The Morgan fingerprint density at radius 3 is 0.786 bits per heavy atom. The van der Waals surface area contributed by atoms with Gasteiger partial charge >= 0.3 is 50.3 Å². The van der Waals surface area contributed by atoms with Crippen molar-refractivity contribution in [3.8, 4) is 0 Å². The number of hydrogen-bond acceptors (Lipinski definition) is 3. The molecular weight excluding hydrogens is 422 g/mol. The average Bonchev–Trinajstić information content (AvgIpc) is 1.45. The van der Waals surface area contributed by atoms with E-state index >= 15 is 0 Å². The van der Waals surface area contributed by atoms with Gasteiger partial charge in [-0.1, -0.05) is 0 Å². The van der Waals surface area contributed by atoms with E-state index in [-0.39, 0.29) is 5.71 Å². The van der Waals surface area contributed by atoms with Gasteiger partial charge < -0.3 is 29.4 Å². The maximum absolute atomic E-state index is 8.88. The van der Waals surface area contributed by atoms with Crippen molar-refractivity contribution in [1.82, 2.24) is 0 Å². The molecule has 0 aliphatic rings. The van der Waals surface area contributed by atoms with Crippen LogP contribution >= 0.6 is 15.6 Å². The van der Waals surface area contributed by atoms with E-state index in [1.165, 1.54) is 0 Å². The van der Waals surface area contributed by atoms with Crippen molar-refractivity contribution in [2.75, 3.05) is 0 Å². The van der Waals surface area contributed by atoms with Crippen LogP contribution in [-0.4, -0.2) is 36.9 Å². The molecule has 0 spiro atoms. The third-order valence-electron chi connectivity index (χ3n) is 0. The predicted octanol–water partition coefficient (Wildman–Crippen LogP) is -2.64. The van der Waals surface area contributed by atoms with E-state index in [1.54, 1.807) is 0 Å². The van der Waals surface area contributed by atoms with Crippen molar-refractivity contribution in [3.63, 3.8) is 0 Å². The van der Waals surface area contributed by atoms with Gasteiger partial charge in [0.2, 0.25) is 0 Å². The van der Waals surface area contributed by atoms with Gasteiger partial charge in [0.25, 0.3) is 0 Å². The molecule has 0 rings (SSSR count). The zero-order chi connectivity index (χ0) is 12.6. The van der Waals surface area contributed by atoms with E-state index in [0.717, 1.165) is 0 Å². The quantitative estimate of drug-likeness (QED) is 0.185. The Bertz CT molecular complexity index is 203. The third-order valence-corrected chi connectivity index (χ3v) is 0. The first-order chi connectivity index (χ1) is 5.73. The molecule has 0 saturated heterocycles. The van der Waals surface area contributed by atoms with Crippen molar-refractivity contribution in [1.29, 1.82) is 0 Å². The Morgan fingerprint density at radius 1 is 0.786 bits per heavy atom. The summed E-state index contributed by atoms with van der Waals surface area (Å²) < 4.78 is 41.1. The molecule has 11 nitrogen and oxygen atoms in total. The Hall–Kier alpha value is 0.628. The second-order valence-electron chi connectivity index (χ2n) is 1.26. The van der Waals surface area contributed by atoms with Crippen LogP contribution in [0, 0.1) is 0 Å². The number of phosphoric acid groups is 2. The van der Waals surface area contributed by atoms with Crippen LogP contribution in [-0.2, 0) is 30.6 Å². The number of hydrogen-bond donors (Lipinski definition) is 8. The van der Waals surface area contributed by atoms with Crippen molar-refractivity contribution in [2.45, 2.75) is 0 Å². The average molecular weight is 434 g/mol. The molecule has 14 heteroatoms. The normalized spacial score (nSPS) is 10.9. The fourth-order valence-corrected chi connectivity index (χ4v) is 0. The molecule has 0 atom stereocenters. The van der Waals surface area contributed by atoms with Crippen LogP contribution in [0.2, 0.25) is 0 Å². The summed E-state index contributed by atoms with van der Waals surface area (Å²) in [5.74, 6) is 0. The fraction of sp³-hybridized carbons (Fsp3) is 0. The number of rotatable bonds is 0. The van der Waals surface area contributed by atoms with Crippen molar-refractivity contribution in [3.05, 3.63) is 0 Å². The molecule has 14 heavy (non-hydrogen) atoms. The summed E-state index contributed by atoms with van der Waals surface area (Å²) in [5.41, 5.74) is 0.